The van der Waals surface area contributed by atoms with Crippen LogP contribution in [0.1, 0.15) is 28.9 Å². The van der Waals surface area contributed by atoms with E-state index >= 15 is 0 Å². The fourth-order valence-electron chi connectivity index (χ4n) is 3.16. The summed E-state index contributed by atoms with van der Waals surface area (Å²) in [6.45, 7) is 1.80. The number of nitrogens with zero attached hydrogens (tertiary/aromatic N) is 5. The molecular formula is C22H18Cl2N6O2. The lowest BCUT2D eigenvalue weighted by Gasteiger charge is -2.15. The Morgan fingerprint density at radius 1 is 1.12 bits per heavy atom. The molecule has 4 aromatic rings. The highest BCUT2D eigenvalue weighted by atomic mass is 35.5. The van der Waals surface area contributed by atoms with Crippen LogP contribution in [0.15, 0.2) is 65.8 Å². The molecule has 0 saturated heterocycles. The van der Waals surface area contributed by atoms with Crippen molar-refractivity contribution in [3.63, 3.8) is 0 Å². The molecular weight excluding hydrogens is 451 g/mol. The lowest BCUT2D eigenvalue weighted by atomic mass is 10.1. The molecule has 10 heteroatoms. The van der Waals surface area contributed by atoms with Gasteiger partial charge in [0.05, 0.1) is 24.1 Å². The summed E-state index contributed by atoms with van der Waals surface area (Å²) in [6.07, 6.45) is 4.70. The molecule has 32 heavy (non-hydrogen) atoms. The number of benzene rings is 1. The predicted octanol–water partition coefficient (Wildman–Crippen LogP) is 3.83. The third-order valence-corrected chi connectivity index (χ3v) is 5.29. The van der Waals surface area contributed by atoms with Crippen LogP contribution < -0.4 is 10.9 Å². The van der Waals surface area contributed by atoms with Gasteiger partial charge < -0.3 is 5.32 Å². The lowest BCUT2D eigenvalue weighted by molar-refractivity contribution is 0.0937. The van der Waals surface area contributed by atoms with Gasteiger partial charge in [0.25, 0.3) is 11.5 Å². The molecule has 3 heterocycles. The Morgan fingerprint density at radius 3 is 2.53 bits per heavy atom. The van der Waals surface area contributed by atoms with Crippen molar-refractivity contribution in [2.45, 2.75) is 13.0 Å². The molecule has 0 spiro atoms. The van der Waals surface area contributed by atoms with Gasteiger partial charge in [0.15, 0.2) is 0 Å². The van der Waals surface area contributed by atoms with Gasteiger partial charge in [-0.25, -0.2) is 4.98 Å². The molecule has 0 aliphatic carbocycles. The van der Waals surface area contributed by atoms with Gasteiger partial charge in [0.2, 0.25) is 0 Å². The summed E-state index contributed by atoms with van der Waals surface area (Å²) < 4.78 is 2.72. The number of aromatic nitrogens is 5. The number of carbonyl (C=O) groups excluding carboxylic acids is 1. The molecule has 1 amide bonds. The van der Waals surface area contributed by atoms with E-state index in [9.17, 15) is 9.59 Å². The maximum absolute atomic E-state index is 13.2. The molecule has 1 aromatic carbocycles. The van der Waals surface area contributed by atoms with Gasteiger partial charge in [-0.3, -0.25) is 14.3 Å². The van der Waals surface area contributed by atoms with Crippen molar-refractivity contribution in [2.75, 3.05) is 0 Å². The molecule has 3 aromatic heterocycles. The van der Waals surface area contributed by atoms with E-state index in [-0.39, 0.29) is 5.56 Å². The minimum Gasteiger partial charge on any atom is -0.345 e. The number of nitrogens with one attached hydrogen (secondary N) is 1. The second kappa shape index (κ2) is 8.94. The van der Waals surface area contributed by atoms with Crippen LogP contribution in [0, 0.1) is 0 Å². The van der Waals surface area contributed by atoms with Crippen LogP contribution in [0.25, 0.3) is 16.9 Å². The first kappa shape index (κ1) is 21.7. The number of amides is 1. The Balaban J connectivity index is 1.77. The van der Waals surface area contributed by atoms with Crippen molar-refractivity contribution < 1.29 is 4.79 Å². The van der Waals surface area contributed by atoms with Gasteiger partial charge in [0, 0.05) is 23.8 Å². The first-order chi connectivity index (χ1) is 15.3. The zero-order valence-electron chi connectivity index (χ0n) is 17.2. The summed E-state index contributed by atoms with van der Waals surface area (Å²) in [5, 5.41) is 12.3. The highest BCUT2D eigenvalue weighted by Gasteiger charge is 2.20. The number of pyridine rings is 1. The van der Waals surface area contributed by atoms with Gasteiger partial charge in [-0.15, -0.1) is 0 Å². The van der Waals surface area contributed by atoms with Crippen molar-refractivity contribution in [1.82, 2.24) is 29.9 Å². The standard InChI is InChI=1S/C22H18Cl2N6O2/c1-13(15-7-8-25-20(24)9-15)27-21(31)18-10-19(14-3-5-16(23)6-4-14)28-30(22(18)32)17-11-26-29(2)12-17/h3-13H,1-2H3,(H,27,31)/t13-/m0/s1. The van der Waals surface area contributed by atoms with Crippen molar-refractivity contribution in [3.05, 3.63) is 92.7 Å². The summed E-state index contributed by atoms with van der Waals surface area (Å²) in [6, 6.07) is 11.4. The number of rotatable bonds is 5. The molecule has 1 atom stereocenters. The second-order valence-corrected chi connectivity index (χ2v) is 7.97. The van der Waals surface area contributed by atoms with E-state index in [2.05, 4.69) is 20.5 Å². The quantitative estimate of drug-likeness (QED) is 0.449. The Bertz CT molecular complexity index is 1350. The van der Waals surface area contributed by atoms with Crippen LogP contribution >= 0.6 is 23.2 Å². The van der Waals surface area contributed by atoms with Crippen molar-refractivity contribution in [1.29, 1.82) is 0 Å². The summed E-state index contributed by atoms with van der Waals surface area (Å²) in [5.41, 5.74) is 1.73. The number of hydrogen-bond donors (Lipinski definition) is 1. The van der Waals surface area contributed by atoms with E-state index < -0.39 is 17.5 Å². The van der Waals surface area contributed by atoms with E-state index in [1.54, 1.807) is 67.4 Å². The molecule has 8 nitrogen and oxygen atoms in total. The first-order valence-corrected chi connectivity index (χ1v) is 10.4. The van der Waals surface area contributed by atoms with Gasteiger partial charge in [-0.05, 0) is 42.8 Å². The molecule has 0 bridgehead atoms. The van der Waals surface area contributed by atoms with Gasteiger partial charge in [-0.1, -0.05) is 35.3 Å². The van der Waals surface area contributed by atoms with E-state index in [1.165, 1.54) is 16.9 Å². The highest BCUT2D eigenvalue weighted by Crippen LogP contribution is 2.21. The lowest BCUT2D eigenvalue weighted by Crippen LogP contribution is -2.35. The average molecular weight is 469 g/mol. The maximum atomic E-state index is 13.2. The number of aryl methyl sites for hydroxylation is 1. The summed E-state index contributed by atoms with van der Waals surface area (Å²) >= 11 is 12.0. The van der Waals surface area contributed by atoms with Crippen LogP contribution in [-0.2, 0) is 7.05 Å². The minimum atomic E-state index is -0.562. The number of halogens is 2. The molecule has 162 valence electrons. The Hall–Kier alpha value is -3.49. The van der Waals surface area contributed by atoms with Crippen molar-refractivity contribution in [3.8, 4) is 16.9 Å². The smallest absolute Gasteiger partial charge is 0.284 e. The zero-order valence-corrected chi connectivity index (χ0v) is 18.7. The van der Waals surface area contributed by atoms with Crippen LogP contribution in [0.5, 0.6) is 0 Å². The third kappa shape index (κ3) is 4.56. The van der Waals surface area contributed by atoms with E-state index in [0.29, 0.717) is 27.1 Å². The molecule has 0 saturated carbocycles. The van der Waals surface area contributed by atoms with Crippen LogP contribution in [-0.4, -0.2) is 30.5 Å². The SMILES string of the molecule is C[C@H](NC(=O)c1cc(-c2ccc(Cl)cc2)nn(-c2cnn(C)c2)c1=O)c1ccnc(Cl)c1. The molecule has 0 unspecified atom stereocenters. The summed E-state index contributed by atoms with van der Waals surface area (Å²) in [4.78, 5) is 30.2. The molecule has 4 rings (SSSR count). The fraction of sp³-hybridized carbons (Fsp3) is 0.136. The Morgan fingerprint density at radius 2 is 1.88 bits per heavy atom. The van der Waals surface area contributed by atoms with E-state index in [0.717, 1.165) is 5.56 Å². The fourth-order valence-corrected chi connectivity index (χ4v) is 3.46. The number of carbonyl (C=O) groups is 1. The third-order valence-electron chi connectivity index (χ3n) is 4.83. The summed E-state index contributed by atoms with van der Waals surface area (Å²) in [5.74, 6) is -0.536. The minimum absolute atomic E-state index is 0.0548. The normalized spacial score (nSPS) is 11.9. The average Bonchev–Trinajstić information content (AvgIpc) is 3.20. The van der Waals surface area contributed by atoms with Gasteiger partial charge in [-0.2, -0.15) is 14.9 Å². The first-order valence-electron chi connectivity index (χ1n) is 9.63. The summed E-state index contributed by atoms with van der Waals surface area (Å²) in [7, 11) is 1.73. The topological polar surface area (TPSA) is 94.7 Å². The largest absolute Gasteiger partial charge is 0.345 e. The van der Waals surface area contributed by atoms with E-state index in [4.69, 9.17) is 23.2 Å². The van der Waals surface area contributed by atoms with Crippen LogP contribution in [0.4, 0.5) is 0 Å². The van der Waals surface area contributed by atoms with Crippen LogP contribution in [0.3, 0.4) is 0 Å². The highest BCUT2D eigenvalue weighted by molar-refractivity contribution is 6.30. The van der Waals surface area contributed by atoms with Crippen molar-refractivity contribution in [2.24, 2.45) is 7.05 Å². The predicted molar refractivity (Wildman–Crippen MR) is 122 cm³/mol. The second-order valence-electron chi connectivity index (χ2n) is 7.15. The molecule has 0 aliphatic rings. The van der Waals surface area contributed by atoms with Gasteiger partial charge in [0.1, 0.15) is 16.4 Å². The monoisotopic (exact) mass is 468 g/mol. The molecule has 0 aliphatic heterocycles. The molecule has 0 fully saturated rings. The van der Waals surface area contributed by atoms with Gasteiger partial charge >= 0.3 is 0 Å². The Labute approximate surface area is 193 Å². The molecule has 1 N–H and O–H groups in total. The maximum Gasteiger partial charge on any atom is 0.284 e. The van der Waals surface area contributed by atoms with Crippen LogP contribution in [0.2, 0.25) is 10.2 Å². The Kier molecular flexibility index (Phi) is 6.07. The van der Waals surface area contributed by atoms with Crippen molar-refractivity contribution >= 4 is 29.1 Å². The number of hydrogen-bond acceptors (Lipinski definition) is 5. The zero-order chi connectivity index (χ0) is 22.8. The van der Waals surface area contributed by atoms with E-state index in [1.807, 2.05) is 0 Å². The molecule has 0 radical (unpaired) electrons.